The van der Waals surface area contributed by atoms with Crippen LogP contribution < -0.4 is 5.48 Å². The van der Waals surface area contributed by atoms with Crippen molar-refractivity contribution in [3.8, 4) is 0 Å². The second-order valence-electron chi connectivity index (χ2n) is 3.04. The number of hydrogen-bond acceptors (Lipinski definition) is 2. The number of halogens is 4. The van der Waals surface area contributed by atoms with Gasteiger partial charge in [0.05, 0.1) is 10.6 Å². The first-order chi connectivity index (χ1) is 7.84. The molecule has 0 aromatic heterocycles. The lowest BCUT2D eigenvalue weighted by Crippen LogP contribution is -2.11. The lowest BCUT2D eigenvalue weighted by atomic mass is 10.1. The van der Waals surface area contributed by atoms with Gasteiger partial charge >= 0.3 is 6.18 Å². The van der Waals surface area contributed by atoms with Gasteiger partial charge in [-0.05, 0) is 23.8 Å². The molecule has 1 aromatic carbocycles. The van der Waals surface area contributed by atoms with E-state index in [2.05, 4.69) is 0 Å². The molecule has 1 aromatic rings. The molecule has 0 spiro atoms. The maximum atomic E-state index is 12.5. The van der Waals surface area contributed by atoms with Gasteiger partial charge in [-0.2, -0.15) is 13.2 Å². The Morgan fingerprint density at radius 1 is 1.41 bits per heavy atom. The Morgan fingerprint density at radius 3 is 2.59 bits per heavy atom. The second-order valence-corrected chi connectivity index (χ2v) is 3.44. The summed E-state index contributed by atoms with van der Waals surface area (Å²) in [6, 6.07) is 3.15. The summed E-state index contributed by atoms with van der Waals surface area (Å²) in [4.78, 5) is 10.6. The highest BCUT2D eigenvalue weighted by Crippen LogP contribution is 2.35. The molecular formula is C10H6ClF3NO2-. The fraction of sp³-hybridized carbons (Fsp3) is 0.100. The van der Waals surface area contributed by atoms with E-state index in [-0.39, 0.29) is 5.56 Å². The lowest BCUT2D eigenvalue weighted by Gasteiger charge is -2.09. The molecule has 0 fully saturated rings. The number of rotatable bonds is 2. The fourth-order valence-electron chi connectivity index (χ4n) is 1.07. The molecule has 1 N–H and O–H groups in total. The minimum atomic E-state index is -4.57. The number of carbonyl (C=O) groups excluding carboxylic acids is 1. The average Bonchev–Trinajstić information content (AvgIpc) is 2.26. The van der Waals surface area contributed by atoms with Gasteiger partial charge < -0.3 is 10.7 Å². The quantitative estimate of drug-likeness (QED) is 0.659. The highest BCUT2D eigenvalue weighted by Gasteiger charge is 2.33. The average molecular weight is 265 g/mol. The molecule has 0 saturated carbocycles. The Balaban J connectivity index is 3.05. The van der Waals surface area contributed by atoms with Gasteiger partial charge in [-0.1, -0.05) is 17.7 Å². The summed E-state index contributed by atoms with van der Waals surface area (Å²) in [7, 11) is 0. The van der Waals surface area contributed by atoms with Crippen LogP contribution in [0.4, 0.5) is 13.2 Å². The number of nitrogens with one attached hydrogen (secondary N) is 1. The molecule has 0 bridgehead atoms. The maximum Gasteiger partial charge on any atom is 0.417 e. The summed E-state index contributed by atoms with van der Waals surface area (Å²) in [5, 5.41) is 9.45. The third kappa shape index (κ3) is 3.76. The van der Waals surface area contributed by atoms with E-state index in [4.69, 9.17) is 11.6 Å². The van der Waals surface area contributed by atoms with Crippen LogP contribution in [0.15, 0.2) is 24.3 Å². The van der Waals surface area contributed by atoms with Crippen LogP contribution in [0.2, 0.25) is 5.02 Å². The summed E-state index contributed by atoms with van der Waals surface area (Å²) in [5.41, 5.74) is 0.187. The van der Waals surface area contributed by atoms with Crippen molar-refractivity contribution in [2.45, 2.75) is 6.18 Å². The van der Waals surface area contributed by atoms with Crippen LogP contribution in [-0.2, 0) is 11.0 Å². The van der Waals surface area contributed by atoms with E-state index in [0.29, 0.717) is 0 Å². The predicted molar refractivity (Wildman–Crippen MR) is 57.0 cm³/mol. The fourth-order valence-corrected chi connectivity index (χ4v) is 1.29. The summed E-state index contributed by atoms with van der Waals surface area (Å²) in [6.45, 7) is 0. The van der Waals surface area contributed by atoms with Crippen molar-refractivity contribution in [2.75, 3.05) is 0 Å². The van der Waals surface area contributed by atoms with Gasteiger partial charge in [0, 0.05) is 6.08 Å². The standard InChI is InChI=1S/C10H6ClF3NO2/c11-8-3-1-6(2-4-9(16)15-17)5-7(8)10(12,13)14/h1-5H,(H-,15,16,17)/q-1. The summed E-state index contributed by atoms with van der Waals surface area (Å²) < 4.78 is 37.4. The van der Waals surface area contributed by atoms with Gasteiger partial charge in [-0.15, -0.1) is 0 Å². The number of hydroxylamine groups is 1. The van der Waals surface area contributed by atoms with Gasteiger partial charge in [0.25, 0.3) is 0 Å². The van der Waals surface area contributed by atoms with E-state index in [9.17, 15) is 23.2 Å². The van der Waals surface area contributed by atoms with Crippen LogP contribution in [0, 0.1) is 5.21 Å². The minimum Gasteiger partial charge on any atom is -0.759 e. The smallest absolute Gasteiger partial charge is 0.417 e. The van der Waals surface area contributed by atoms with Gasteiger partial charge in [0.1, 0.15) is 0 Å². The van der Waals surface area contributed by atoms with Crippen LogP contribution in [0.25, 0.3) is 6.08 Å². The molecule has 0 saturated heterocycles. The lowest BCUT2D eigenvalue weighted by molar-refractivity contribution is -0.137. The Bertz CT molecular complexity index is 457. The molecule has 0 heterocycles. The summed E-state index contributed by atoms with van der Waals surface area (Å²) >= 11 is 5.40. The maximum absolute atomic E-state index is 12.5. The molecule has 1 amide bonds. The SMILES string of the molecule is O=C(C=Cc1ccc(Cl)c(C(F)(F)F)c1)N[O-]. The third-order valence-electron chi connectivity index (χ3n) is 1.82. The first kappa shape index (κ1) is 13.5. The van der Waals surface area contributed by atoms with Crippen molar-refractivity contribution >= 4 is 23.6 Å². The zero-order valence-electron chi connectivity index (χ0n) is 8.22. The van der Waals surface area contributed by atoms with Crippen LogP contribution in [0.3, 0.4) is 0 Å². The van der Waals surface area contributed by atoms with Crippen molar-refractivity contribution in [1.29, 1.82) is 0 Å². The van der Waals surface area contributed by atoms with E-state index in [0.717, 1.165) is 29.8 Å². The van der Waals surface area contributed by atoms with E-state index in [1.165, 1.54) is 6.07 Å². The molecule has 7 heteroatoms. The Hall–Kier alpha value is -1.53. The number of hydrogen-bond donors (Lipinski definition) is 1. The van der Waals surface area contributed by atoms with Gasteiger partial charge in [0.2, 0.25) is 5.91 Å². The molecule has 0 aliphatic carbocycles. The van der Waals surface area contributed by atoms with E-state index in [1.807, 2.05) is 0 Å². The molecule has 92 valence electrons. The van der Waals surface area contributed by atoms with Gasteiger partial charge in [0.15, 0.2) is 0 Å². The first-order valence-corrected chi connectivity index (χ1v) is 4.69. The normalized spacial score (nSPS) is 11.8. The molecule has 0 aliphatic heterocycles. The minimum absolute atomic E-state index is 0.116. The highest BCUT2D eigenvalue weighted by molar-refractivity contribution is 6.31. The van der Waals surface area contributed by atoms with Crippen molar-refractivity contribution in [3.05, 3.63) is 45.6 Å². The van der Waals surface area contributed by atoms with Crippen LogP contribution in [-0.4, -0.2) is 5.91 Å². The molecule has 0 radical (unpaired) electrons. The largest absolute Gasteiger partial charge is 0.759 e. The number of benzene rings is 1. The molecule has 17 heavy (non-hydrogen) atoms. The zero-order chi connectivity index (χ0) is 13.1. The van der Waals surface area contributed by atoms with Crippen LogP contribution in [0.1, 0.15) is 11.1 Å². The van der Waals surface area contributed by atoms with Crippen molar-refractivity contribution in [2.24, 2.45) is 0 Å². The molecular weight excluding hydrogens is 259 g/mol. The van der Waals surface area contributed by atoms with E-state index < -0.39 is 22.7 Å². The van der Waals surface area contributed by atoms with Gasteiger partial charge in [-0.3, -0.25) is 4.79 Å². The van der Waals surface area contributed by atoms with E-state index >= 15 is 0 Å². The Labute approximate surface area is 99.5 Å². The monoisotopic (exact) mass is 264 g/mol. The molecule has 1 rings (SSSR count). The van der Waals surface area contributed by atoms with E-state index in [1.54, 1.807) is 0 Å². The number of alkyl halides is 3. The van der Waals surface area contributed by atoms with Gasteiger partial charge in [-0.25, -0.2) is 0 Å². The molecule has 3 nitrogen and oxygen atoms in total. The Morgan fingerprint density at radius 2 is 2.06 bits per heavy atom. The zero-order valence-corrected chi connectivity index (χ0v) is 8.97. The van der Waals surface area contributed by atoms with Crippen molar-refractivity contribution < 1.29 is 18.0 Å². The van der Waals surface area contributed by atoms with Crippen LogP contribution in [0.5, 0.6) is 0 Å². The van der Waals surface area contributed by atoms with Crippen molar-refractivity contribution in [1.82, 2.24) is 5.48 Å². The number of amides is 1. The third-order valence-corrected chi connectivity index (χ3v) is 2.15. The summed E-state index contributed by atoms with van der Waals surface area (Å²) in [5.74, 6) is -0.950. The predicted octanol–water partition coefficient (Wildman–Crippen LogP) is 2.99. The van der Waals surface area contributed by atoms with Crippen molar-refractivity contribution in [3.63, 3.8) is 0 Å². The number of carbonyl (C=O) groups is 1. The molecule has 0 unspecified atom stereocenters. The summed E-state index contributed by atoms with van der Waals surface area (Å²) in [6.07, 6.45) is -2.66. The van der Waals surface area contributed by atoms with Crippen LogP contribution >= 0.6 is 11.6 Å². The topological polar surface area (TPSA) is 52.2 Å². The molecule has 0 aliphatic rings. The molecule has 0 atom stereocenters. The first-order valence-electron chi connectivity index (χ1n) is 4.31. The Kier molecular flexibility index (Phi) is 4.14. The second kappa shape index (κ2) is 5.20. The highest BCUT2D eigenvalue weighted by atomic mass is 35.5.